The summed E-state index contributed by atoms with van der Waals surface area (Å²) in [5.41, 5.74) is 9.90. The average Bonchev–Trinajstić information content (AvgIpc) is 2.25. The van der Waals surface area contributed by atoms with Crippen LogP contribution in [0, 0.1) is 20.8 Å². The predicted molar refractivity (Wildman–Crippen MR) is 77.3 cm³/mol. The van der Waals surface area contributed by atoms with Gasteiger partial charge in [-0.2, -0.15) is 0 Å². The van der Waals surface area contributed by atoms with Crippen molar-refractivity contribution in [1.29, 1.82) is 0 Å². The Morgan fingerprint density at radius 3 is 2.26 bits per heavy atom. The summed E-state index contributed by atoms with van der Waals surface area (Å²) in [5, 5.41) is 2.87. The zero-order valence-corrected chi connectivity index (χ0v) is 11.3. The second-order valence-electron chi connectivity index (χ2n) is 4.75. The van der Waals surface area contributed by atoms with Crippen LogP contribution >= 0.6 is 0 Å². The molecule has 0 saturated heterocycles. The number of rotatable bonds is 2. The molecule has 0 fully saturated rings. The van der Waals surface area contributed by atoms with Crippen LogP contribution in [0.4, 0.5) is 11.5 Å². The van der Waals surface area contributed by atoms with Gasteiger partial charge in [-0.15, -0.1) is 0 Å². The highest BCUT2D eigenvalue weighted by Gasteiger charge is 2.08. The van der Waals surface area contributed by atoms with Gasteiger partial charge in [-0.3, -0.25) is 4.79 Å². The second-order valence-corrected chi connectivity index (χ2v) is 4.75. The lowest BCUT2D eigenvalue weighted by atomic mass is 10.1. The van der Waals surface area contributed by atoms with Crippen molar-refractivity contribution in [3.05, 3.63) is 52.7 Å². The number of carbonyl (C=O) groups is 1. The number of nitrogens with one attached hydrogen (secondary N) is 1. The topological polar surface area (TPSA) is 68.0 Å². The number of hydrogen-bond acceptors (Lipinski definition) is 3. The highest BCUT2D eigenvalue weighted by atomic mass is 16.1. The molecule has 0 radical (unpaired) electrons. The van der Waals surface area contributed by atoms with Crippen molar-refractivity contribution in [3.8, 4) is 0 Å². The standard InChI is InChI=1S/C15H17N3O/c1-9-4-10(2)6-13(5-9)18-15(19)12-7-11(3)17-14(16)8-12/h4-8H,1-3H3,(H2,16,17)(H,18,19). The maximum absolute atomic E-state index is 12.1. The van der Waals surface area contributed by atoms with E-state index in [-0.39, 0.29) is 5.91 Å². The average molecular weight is 255 g/mol. The third kappa shape index (κ3) is 3.31. The molecule has 3 N–H and O–H groups in total. The first-order chi connectivity index (χ1) is 8.94. The van der Waals surface area contributed by atoms with Crippen molar-refractivity contribution >= 4 is 17.4 Å². The van der Waals surface area contributed by atoms with Crippen LogP contribution in [0.2, 0.25) is 0 Å². The smallest absolute Gasteiger partial charge is 0.255 e. The number of benzene rings is 1. The van der Waals surface area contributed by atoms with Gasteiger partial charge in [0, 0.05) is 16.9 Å². The fourth-order valence-corrected chi connectivity index (χ4v) is 2.08. The van der Waals surface area contributed by atoms with E-state index in [1.54, 1.807) is 12.1 Å². The molecule has 1 aromatic heterocycles. The lowest BCUT2D eigenvalue weighted by Gasteiger charge is -2.08. The Kier molecular flexibility index (Phi) is 3.51. The quantitative estimate of drug-likeness (QED) is 0.867. The third-order valence-corrected chi connectivity index (χ3v) is 2.71. The van der Waals surface area contributed by atoms with Gasteiger partial charge in [0.2, 0.25) is 0 Å². The molecule has 19 heavy (non-hydrogen) atoms. The van der Waals surface area contributed by atoms with Crippen LogP contribution in [-0.4, -0.2) is 10.9 Å². The summed E-state index contributed by atoms with van der Waals surface area (Å²) < 4.78 is 0. The fraction of sp³-hybridized carbons (Fsp3) is 0.200. The SMILES string of the molecule is Cc1cc(C)cc(NC(=O)c2cc(C)nc(N)c2)c1. The minimum atomic E-state index is -0.179. The normalized spacial score (nSPS) is 10.3. The summed E-state index contributed by atoms with van der Waals surface area (Å²) >= 11 is 0. The van der Waals surface area contributed by atoms with Crippen molar-refractivity contribution in [2.24, 2.45) is 0 Å². The van der Waals surface area contributed by atoms with E-state index < -0.39 is 0 Å². The largest absolute Gasteiger partial charge is 0.384 e. The Labute approximate surface area is 112 Å². The molecular weight excluding hydrogens is 238 g/mol. The summed E-state index contributed by atoms with van der Waals surface area (Å²) in [6, 6.07) is 9.22. The zero-order chi connectivity index (χ0) is 14.0. The van der Waals surface area contributed by atoms with Crippen molar-refractivity contribution in [2.45, 2.75) is 20.8 Å². The monoisotopic (exact) mass is 255 g/mol. The predicted octanol–water partition coefficient (Wildman–Crippen LogP) is 2.84. The maximum atomic E-state index is 12.1. The van der Waals surface area contributed by atoms with Gasteiger partial charge in [-0.25, -0.2) is 4.98 Å². The fourth-order valence-electron chi connectivity index (χ4n) is 2.08. The molecule has 98 valence electrons. The van der Waals surface area contributed by atoms with Crippen LogP contribution in [0.3, 0.4) is 0 Å². The van der Waals surface area contributed by atoms with Crippen molar-refractivity contribution in [1.82, 2.24) is 4.98 Å². The van der Waals surface area contributed by atoms with E-state index in [2.05, 4.69) is 16.4 Å². The van der Waals surface area contributed by atoms with Crippen LogP contribution in [0.1, 0.15) is 27.2 Å². The maximum Gasteiger partial charge on any atom is 0.255 e. The number of nitrogen functional groups attached to an aromatic ring is 1. The Morgan fingerprint density at radius 2 is 1.68 bits per heavy atom. The number of carbonyl (C=O) groups excluding carboxylic acids is 1. The summed E-state index contributed by atoms with van der Waals surface area (Å²) in [5.74, 6) is 0.174. The lowest BCUT2D eigenvalue weighted by Crippen LogP contribution is -2.13. The molecule has 0 saturated carbocycles. The van der Waals surface area contributed by atoms with E-state index in [9.17, 15) is 4.79 Å². The summed E-state index contributed by atoms with van der Waals surface area (Å²) in [7, 11) is 0. The molecule has 2 aromatic rings. The van der Waals surface area contributed by atoms with Crippen molar-refractivity contribution < 1.29 is 4.79 Å². The van der Waals surface area contributed by atoms with Crippen molar-refractivity contribution in [2.75, 3.05) is 11.1 Å². The van der Waals surface area contributed by atoms with Gasteiger partial charge in [-0.05, 0) is 56.2 Å². The summed E-state index contributed by atoms with van der Waals surface area (Å²) in [6.07, 6.45) is 0. The molecule has 2 rings (SSSR count). The summed E-state index contributed by atoms with van der Waals surface area (Å²) in [6.45, 7) is 5.80. The molecule has 0 aliphatic rings. The molecular formula is C15H17N3O. The first-order valence-corrected chi connectivity index (χ1v) is 6.08. The Morgan fingerprint density at radius 1 is 1.05 bits per heavy atom. The van der Waals surface area contributed by atoms with Gasteiger partial charge >= 0.3 is 0 Å². The molecule has 0 unspecified atom stereocenters. The zero-order valence-electron chi connectivity index (χ0n) is 11.3. The minimum absolute atomic E-state index is 0.179. The third-order valence-electron chi connectivity index (χ3n) is 2.71. The van der Waals surface area contributed by atoms with Crippen LogP contribution in [-0.2, 0) is 0 Å². The van der Waals surface area contributed by atoms with Gasteiger partial charge in [0.15, 0.2) is 0 Å². The number of nitrogens with two attached hydrogens (primary N) is 1. The number of aromatic nitrogens is 1. The van der Waals surface area contributed by atoms with Gasteiger partial charge in [0.05, 0.1) is 0 Å². The molecule has 0 atom stereocenters. The summed E-state index contributed by atoms with van der Waals surface area (Å²) in [4.78, 5) is 16.2. The molecule has 1 aromatic carbocycles. The molecule has 0 bridgehead atoms. The highest BCUT2D eigenvalue weighted by molar-refractivity contribution is 6.04. The Bertz CT molecular complexity index is 595. The van der Waals surface area contributed by atoms with Gasteiger partial charge in [0.1, 0.15) is 5.82 Å². The van der Waals surface area contributed by atoms with Crippen LogP contribution in [0.5, 0.6) is 0 Å². The Balaban J connectivity index is 2.25. The molecule has 4 nitrogen and oxygen atoms in total. The highest BCUT2D eigenvalue weighted by Crippen LogP contribution is 2.16. The number of anilines is 2. The van der Waals surface area contributed by atoms with Crippen LogP contribution in [0.25, 0.3) is 0 Å². The first-order valence-electron chi connectivity index (χ1n) is 6.08. The van der Waals surface area contributed by atoms with E-state index in [0.29, 0.717) is 11.4 Å². The molecule has 0 aliphatic carbocycles. The van der Waals surface area contributed by atoms with E-state index in [4.69, 9.17) is 5.73 Å². The van der Waals surface area contributed by atoms with Crippen LogP contribution in [0.15, 0.2) is 30.3 Å². The number of amides is 1. The van der Waals surface area contributed by atoms with E-state index >= 15 is 0 Å². The van der Waals surface area contributed by atoms with Crippen molar-refractivity contribution in [3.63, 3.8) is 0 Å². The number of hydrogen-bond donors (Lipinski definition) is 2. The molecule has 4 heteroatoms. The van der Waals surface area contributed by atoms with E-state index in [1.807, 2.05) is 32.9 Å². The number of pyridine rings is 1. The first kappa shape index (κ1) is 13.1. The Hall–Kier alpha value is -2.36. The number of nitrogens with zero attached hydrogens (tertiary/aromatic N) is 1. The van der Waals surface area contributed by atoms with E-state index in [0.717, 1.165) is 22.5 Å². The molecule has 0 aliphatic heterocycles. The van der Waals surface area contributed by atoms with Crippen LogP contribution < -0.4 is 11.1 Å². The lowest BCUT2D eigenvalue weighted by molar-refractivity contribution is 0.102. The molecule has 0 spiro atoms. The van der Waals surface area contributed by atoms with E-state index in [1.165, 1.54) is 0 Å². The van der Waals surface area contributed by atoms with Gasteiger partial charge < -0.3 is 11.1 Å². The van der Waals surface area contributed by atoms with Gasteiger partial charge in [-0.1, -0.05) is 6.07 Å². The molecule has 1 amide bonds. The second kappa shape index (κ2) is 5.10. The molecule has 1 heterocycles. The van der Waals surface area contributed by atoms with Gasteiger partial charge in [0.25, 0.3) is 5.91 Å². The minimum Gasteiger partial charge on any atom is -0.384 e. The number of aryl methyl sites for hydroxylation is 3.